The maximum absolute atomic E-state index is 9.40. The minimum absolute atomic E-state index is 0.0547. The van der Waals surface area contributed by atoms with Crippen LogP contribution in [-0.4, -0.2) is 11.9 Å². The molecule has 0 amide bonds. The molecule has 1 fully saturated rings. The Morgan fingerprint density at radius 2 is 1.82 bits per heavy atom. The van der Waals surface area contributed by atoms with Crippen LogP contribution in [0.15, 0.2) is 28.4 Å². The fourth-order valence-corrected chi connectivity index (χ4v) is 3.69. The molecule has 0 heterocycles. The molecule has 1 aromatic rings. The third-order valence-electron chi connectivity index (χ3n) is 3.80. The maximum atomic E-state index is 9.40. The predicted octanol–water partition coefficient (Wildman–Crippen LogP) is 5.51. The Bertz CT molecular complexity index is 651. The van der Waals surface area contributed by atoms with E-state index in [2.05, 4.69) is 30.1 Å². The molecular formula is C17H19Cl2N3. The zero-order valence-electron chi connectivity index (χ0n) is 13.0. The van der Waals surface area contributed by atoms with Crippen molar-refractivity contribution in [1.82, 2.24) is 0 Å². The zero-order valence-corrected chi connectivity index (χ0v) is 14.5. The summed E-state index contributed by atoms with van der Waals surface area (Å²) in [6.45, 7) is 6.30. The number of halogens is 2. The van der Waals surface area contributed by atoms with Gasteiger partial charge in [0.1, 0.15) is 0 Å². The number of hydrogen-bond donors (Lipinski definition) is 0. The Morgan fingerprint density at radius 1 is 1.18 bits per heavy atom. The highest BCUT2D eigenvalue weighted by Gasteiger charge is 2.39. The second kappa shape index (κ2) is 6.40. The van der Waals surface area contributed by atoms with Gasteiger partial charge in [-0.05, 0) is 37.3 Å². The molecule has 5 heteroatoms. The highest BCUT2D eigenvalue weighted by molar-refractivity contribution is 6.38. The van der Waals surface area contributed by atoms with Crippen LogP contribution in [0.5, 0.6) is 0 Å². The van der Waals surface area contributed by atoms with Crippen LogP contribution in [0.3, 0.4) is 0 Å². The Hall–Kier alpha value is -1.37. The number of benzene rings is 1. The fraction of sp³-hybridized carbons (Fsp3) is 0.471. The number of hydrogen-bond acceptors (Lipinski definition) is 3. The zero-order chi connectivity index (χ0) is 16.4. The Morgan fingerprint density at radius 3 is 2.41 bits per heavy atom. The average Bonchev–Trinajstić information content (AvgIpc) is 2.40. The minimum atomic E-state index is -0.377. The van der Waals surface area contributed by atoms with Crippen molar-refractivity contribution in [3.63, 3.8) is 0 Å². The normalized spacial score (nSPS) is 26.3. The molecule has 0 spiro atoms. The summed E-state index contributed by atoms with van der Waals surface area (Å²) < 4.78 is 0. The van der Waals surface area contributed by atoms with Gasteiger partial charge in [-0.3, -0.25) is 0 Å². The van der Waals surface area contributed by atoms with Crippen molar-refractivity contribution in [1.29, 1.82) is 5.26 Å². The van der Waals surface area contributed by atoms with E-state index in [4.69, 9.17) is 23.2 Å². The Balaban J connectivity index is 2.23. The van der Waals surface area contributed by atoms with E-state index in [1.165, 1.54) is 0 Å². The minimum Gasteiger partial charge on any atom is -0.198 e. The molecule has 1 aliphatic carbocycles. The highest BCUT2D eigenvalue weighted by Crippen LogP contribution is 2.44. The topological polar surface area (TPSA) is 48.5 Å². The van der Waals surface area contributed by atoms with Crippen LogP contribution in [0.25, 0.3) is 0 Å². The molecule has 1 aromatic carbocycles. The number of nitrogens with zero attached hydrogens (tertiary/aromatic N) is 3. The molecule has 0 bridgehead atoms. The smallest absolute Gasteiger partial charge is 0.0691 e. The molecule has 2 rings (SSSR count). The van der Waals surface area contributed by atoms with Crippen molar-refractivity contribution in [2.45, 2.75) is 40.0 Å². The van der Waals surface area contributed by atoms with Crippen molar-refractivity contribution in [3.8, 4) is 6.07 Å². The fourth-order valence-electron chi connectivity index (χ4n) is 3.20. The maximum Gasteiger partial charge on any atom is 0.0691 e. The molecule has 0 radical (unpaired) electrons. The van der Waals surface area contributed by atoms with Crippen LogP contribution in [0, 0.1) is 22.2 Å². The van der Waals surface area contributed by atoms with Crippen molar-refractivity contribution >= 4 is 35.1 Å². The van der Waals surface area contributed by atoms with Crippen LogP contribution in [0.2, 0.25) is 10.0 Å². The van der Waals surface area contributed by atoms with Crippen LogP contribution in [0.4, 0.5) is 0 Å². The van der Waals surface area contributed by atoms with E-state index in [0.29, 0.717) is 22.0 Å². The summed E-state index contributed by atoms with van der Waals surface area (Å²) in [6, 6.07) is 7.73. The molecule has 0 aliphatic heterocycles. The van der Waals surface area contributed by atoms with Gasteiger partial charge in [-0.25, -0.2) is 0 Å². The van der Waals surface area contributed by atoms with E-state index in [1.807, 2.05) is 6.92 Å². The van der Waals surface area contributed by atoms with Gasteiger partial charge in [-0.2, -0.15) is 15.5 Å². The standard InChI is InChI=1S/C17H19Cl2N3/c1-16(2)7-12(8-17(3,10-16)11-20)22-21-9-13-14(18)5-4-6-15(13)19/h4-6,9H,7-8,10H2,1-3H3/b21-9+,22-12+. The lowest BCUT2D eigenvalue weighted by molar-refractivity contribution is 0.215. The molecule has 116 valence electrons. The van der Waals surface area contributed by atoms with E-state index in [-0.39, 0.29) is 10.8 Å². The van der Waals surface area contributed by atoms with Gasteiger partial charge in [0.15, 0.2) is 0 Å². The molecule has 1 saturated carbocycles. The molecule has 0 N–H and O–H groups in total. The highest BCUT2D eigenvalue weighted by atomic mass is 35.5. The van der Waals surface area contributed by atoms with Crippen molar-refractivity contribution in [3.05, 3.63) is 33.8 Å². The van der Waals surface area contributed by atoms with Gasteiger partial charge >= 0.3 is 0 Å². The third-order valence-corrected chi connectivity index (χ3v) is 4.46. The SMILES string of the molecule is CC1(C)C/C(=N\N=C\c2c(Cl)cccc2Cl)CC(C)(C#N)C1. The van der Waals surface area contributed by atoms with Gasteiger partial charge in [0.05, 0.1) is 27.7 Å². The molecular weight excluding hydrogens is 317 g/mol. The summed E-state index contributed by atoms with van der Waals surface area (Å²) in [7, 11) is 0. The molecule has 3 nitrogen and oxygen atoms in total. The quantitative estimate of drug-likeness (QED) is 0.519. The van der Waals surface area contributed by atoms with Gasteiger partial charge in [-0.15, -0.1) is 0 Å². The molecule has 1 unspecified atom stereocenters. The van der Waals surface area contributed by atoms with Gasteiger partial charge in [0.2, 0.25) is 0 Å². The third kappa shape index (κ3) is 4.09. The van der Waals surface area contributed by atoms with Crippen LogP contribution in [-0.2, 0) is 0 Å². The average molecular weight is 336 g/mol. The van der Waals surface area contributed by atoms with Gasteiger partial charge in [0.25, 0.3) is 0 Å². The second-order valence-electron chi connectivity index (χ2n) is 6.91. The summed E-state index contributed by atoms with van der Waals surface area (Å²) >= 11 is 12.2. The summed E-state index contributed by atoms with van der Waals surface area (Å²) in [4.78, 5) is 0. The monoisotopic (exact) mass is 335 g/mol. The van der Waals surface area contributed by atoms with E-state index in [0.717, 1.165) is 18.6 Å². The molecule has 1 aliphatic rings. The van der Waals surface area contributed by atoms with Gasteiger partial charge in [-0.1, -0.05) is 43.1 Å². The first kappa shape index (κ1) is 17.0. The van der Waals surface area contributed by atoms with Gasteiger partial charge < -0.3 is 0 Å². The van der Waals surface area contributed by atoms with Crippen LogP contribution < -0.4 is 0 Å². The molecule has 0 saturated heterocycles. The van der Waals surface area contributed by atoms with Crippen molar-refractivity contribution in [2.75, 3.05) is 0 Å². The van der Waals surface area contributed by atoms with E-state index < -0.39 is 0 Å². The summed E-state index contributed by atoms with van der Waals surface area (Å²) in [5, 5.41) is 18.9. The van der Waals surface area contributed by atoms with Gasteiger partial charge in [0, 0.05) is 17.7 Å². The molecule has 22 heavy (non-hydrogen) atoms. The van der Waals surface area contributed by atoms with E-state index >= 15 is 0 Å². The molecule has 1 atom stereocenters. The van der Waals surface area contributed by atoms with Crippen LogP contribution in [0.1, 0.15) is 45.6 Å². The lowest BCUT2D eigenvalue weighted by Gasteiger charge is -2.38. The van der Waals surface area contributed by atoms with Crippen molar-refractivity contribution in [2.24, 2.45) is 21.0 Å². The predicted molar refractivity (Wildman–Crippen MR) is 92.8 cm³/mol. The van der Waals surface area contributed by atoms with Crippen LogP contribution >= 0.6 is 23.2 Å². The largest absolute Gasteiger partial charge is 0.198 e. The Kier molecular flexibility index (Phi) is 4.94. The first-order valence-electron chi connectivity index (χ1n) is 7.19. The van der Waals surface area contributed by atoms with E-state index in [9.17, 15) is 5.26 Å². The Labute approximate surface area is 141 Å². The lowest BCUT2D eigenvalue weighted by atomic mass is 9.64. The summed E-state index contributed by atoms with van der Waals surface area (Å²) in [6.07, 6.45) is 3.94. The first-order chi connectivity index (χ1) is 10.2. The second-order valence-corrected chi connectivity index (χ2v) is 7.73. The number of rotatable bonds is 2. The summed E-state index contributed by atoms with van der Waals surface area (Å²) in [5.74, 6) is 0. The number of nitriles is 1. The lowest BCUT2D eigenvalue weighted by Crippen LogP contribution is -2.35. The van der Waals surface area contributed by atoms with Crippen molar-refractivity contribution < 1.29 is 0 Å². The van der Waals surface area contributed by atoms with E-state index in [1.54, 1.807) is 24.4 Å². The summed E-state index contributed by atoms with van der Waals surface area (Å²) in [5.41, 5.74) is 1.28. The molecule has 0 aromatic heterocycles. The first-order valence-corrected chi connectivity index (χ1v) is 7.94.